The number of hydrogen-bond donors (Lipinski definition) is 0. The van der Waals surface area contributed by atoms with Crippen molar-refractivity contribution in [2.75, 3.05) is 14.2 Å². The largest absolute Gasteiger partial charge is 0.381 e. The summed E-state index contributed by atoms with van der Waals surface area (Å²) in [6, 6.07) is 17.2. The summed E-state index contributed by atoms with van der Waals surface area (Å²) in [6.45, 7) is 2.75. The molecule has 106 valence electrons. The highest BCUT2D eigenvalue weighted by Crippen LogP contribution is 2.21. The minimum Gasteiger partial charge on any atom is -0.381 e. The maximum absolute atomic E-state index is 5.29. The molecule has 2 nitrogen and oxygen atoms in total. The van der Waals surface area contributed by atoms with Crippen molar-refractivity contribution < 1.29 is 9.47 Å². The van der Waals surface area contributed by atoms with Gasteiger partial charge in [0.1, 0.15) is 0 Å². The van der Waals surface area contributed by atoms with E-state index in [1.807, 2.05) is 0 Å². The van der Waals surface area contributed by atoms with Gasteiger partial charge in [0.2, 0.25) is 0 Å². The molecule has 0 amide bonds. The van der Waals surface area contributed by atoms with Crippen molar-refractivity contribution in [2.24, 2.45) is 0 Å². The van der Waals surface area contributed by atoms with Crippen LogP contribution in [0, 0.1) is 0 Å². The summed E-state index contributed by atoms with van der Waals surface area (Å²) in [4.78, 5) is 0. The second-order valence-corrected chi connectivity index (χ2v) is 5.08. The molecule has 2 aromatic rings. The van der Waals surface area contributed by atoms with Crippen LogP contribution in [0.4, 0.5) is 0 Å². The van der Waals surface area contributed by atoms with E-state index in [1.54, 1.807) is 14.2 Å². The molecule has 0 fully saturated rings. The van der Waals surface area contributed by atoms with Crippen LogP contribution in [0.2, 0.25) is 0 Å². The minimum atomic E-state index is 0.258. The van der Waals surface area contributed by atoms with Gasteiger partial charge in [-0.2, -0.15) is 0 Å². The van der Waals surface area contributed by atoms with Gasteiger partial charge >= 0.3 is 0 Å². The molecule has 0 aliphatic heterocycles. The molecule has 0 bridgehead atoms. The molecule has 0 aliphatic carbocycles. The molecule has 0 aliphatic rings. The van der Waals surface area contributed by atoms with E-state index in [0.717, 1.165) is 6.42 Å². The number of methoxy groups -OCH3 is 2. The van der Waals surface area contributed by atoms with Crippen molar-refractivity contribution in [3.8, 4) is 11.1 Å². The molecule has 0 saturated heterocycles. The number of ether oxygens (including phenoxy) is 2. The highest BCUT2D eigenvalue weighted by atomic mass is 16.5. The molecule has 0 N–H and O–H groups in total. The Balaban J connectivity index is 2.09. The second-order valence-electron chi connectivity index (χ2n) is 5.08. The number of hydrogen-bond acceptors (Lipinski definition) is 2. The highest BCUT2D eigenvalue weighted by molar-refractivity contribution is 5.63. The maximum Gasteiger partial charge on any atom is 0.0713 e. The van der Waals surface area contributed by atoms with Gasteiger partial charge in [-0.25, -0.2) is 0 Å². The first-order valence-corrected chi connectivity index (χ1v) is 6.93. The average Bonchev–Trinajstić information content (AvgIpc) is 2.49. The lowest BCUT2D eigenvalue weighted by Gasteiger charge is -2.10. The van der Waals surface area contributed by atoms with E-state index in [2.05, 4.69) is 55.5 Å². The van der Waals surface area contributed by atoms with Crippen molar-refractivity contribution in [1.82, 2.24) is 0 Å². The van der Waals surface area contributed by atoms with Gasteiger partial charge in [-0.1, -0.05) is 48.5 Å². The smallest absolute Gasteiger partial charge is 0.0713 e. The third kappa shape index (κ3) is 3.92. The van der Waals surface area contributed by atoms with E-state index in [-0.39, 0.29) is 6.10 Å². The van der Waals surface area contributed by atoms with E-state index >= 15 is 0 Å². The van der Waals surface area contributed by atoms with E-state index in [9.17, 15) is 0 Å². The first kappa shape index (κ1) is 14.8. The topological polar surface area (TPSA) is 18.5 Å². The quantitative estimate of drug-likeness (QED) is 0.787. The van der Waals surface area contributed by atoms with Gasteiger partial charge in [0.25, 0.3) is 0 Å². The lowest BCUT2D eigenvalue weighted by atomic mass is 10.0. The molecule has 2 aromatic carbocycles. The summed E-state index contributed by atoms with van der Waals surface area (Å²) >= 11 is 0. The lowest BCUT2D eigenvalue weighted by Crippen LogP contribution is -2.08. The molecule has 0 radical (unpaired) electrons. The summed E-state index contributed by atoms with van der Waals surface area (Å²) < 4.78 is 10.4. The monoisotopic (exact) mass is 270 g/mol. The molecular weight excluding hydrogens is 248 g/mol. The predicted octanol–water partition coefficient (Wildman–Crippen LogP) is 4.08. The molecular formula is C18H22O2. The Bertz CT molecular complexity index is 514. The van der Waals surface area contributed by atoms with E-state index in [1.165, 1.54) is 22.3 Å². The fourth-order valence-corrected chi connectivity index (χ4v) is 2.21. The molecule has 0 spiro atoms. The Morgan fingerprint density at radius 3 is 1.75 bits per heavy atom. The van der Waals surface area contributed by atoms with Gasteiger partial charge in [-0.15, -0.1) is 0 Å². The van der Waals surface area contributed by atoms with Crippen molar-refractivity contribution in [1.29, 1.82) is 0 Å². The summed E-state index contributed by atoms with van der Waals surface area (Å²) in [5.74, 6) is 0. The Labute approximate surface area is 121 Å². The maximum atomic E-state index is 5.29. The Morgan fingerprint density at radius 2 is 1.30 bits per heavy atom. The summed E-state index contributed by atoms with van der Waals surface area (Å²) in [5.41, 5.74) is 4.97. The van der Waals surface area contributed by atoms with E-state index in [4.69, 9.17) is 9.47 Å². The highest BCUT2D eigenvalue weighted by Gasteiger charge is 2.03. The number of benzene rings is 2. The zero-order valence-corrected chi connectivity index (χ0v) is 12.4. The molecule has 1 atom stereocenters. The first-order valence-electron chi connectivity index (χ1n) is 6.93. The Morgan fingerprint density at radius 1 is 0.800 bits per heavy atom. The molecule has 1 unspecified atom stereocenters. The van der Waals surface area contributed by atoms with Crippen molar-refractivity contribution in [2.45, 2.75) is 26.1 Å². The zero-order valence-electron chi connectivity index (χ0n) is 12.4. The number of rotatable bonds is 6. The third-order valence-corrected chi connectivity index (χ3v) is 3.48. The fourth-order valence-electron chi connectivity index (χ4n) is 2.21. The van der Waals surface area contributed by atoms with Crippen LogP contribution < -0.4 is 0 Å². The van der Waals surface area contributed by atoms with Crippen molar-refractivity contribution >= 4 is 0 Å². The molecule has 2 heteroatoms. The van der Waals surface area contributed by atoms with Crippen LogP contribution in [-0.2, 0) is 22.5 Å². The Hall–Kier alpha value is -1.64. The lowest BCUT2D eigenvalue weighted by molar-refractivity contribution is 0.119. The van der Waals surface area contributed by atoms with E-state index < -0.39 is 0 Å². The van der Waals surface area contributed by atoms with Crippen LogP contribution in [0.5, 0.6) is 0 Å². The van der Waals surface area contributed by atoms with Crippen LogP contribution >= 0.6 is 0 Å². The van der Waals surface area contributed by atoms with Gasteiger partial charge in [0.05, 0.1) is 12.7 Å². The van der Waals surface area contributed by atoms with Crippen LogP contribution in [0.3, 0.4) is 0 Å². The standard InChI is InChI=1S/C18H22O2/c1-14(20-3)12-15-4-8-17(9-5-15)18-10-6-16(7-11-18)13-19-2/h4-11,14H,12-13H2,1-3H3. The Kier molecular flexibility index (Phi) is 5.33. The first-order chi connectivity index (χ1) is 9.72. The summed E-state index contributed by atoms with van der Waals surface area (Å²) in [6.07, 6.45) is 1.21. The van der Waals surface area contributed by atoms with Gasteiger partial charge in [0, 0.05) is 14.2 Å². The van der Waals surface area contributed by atoms with Crippen LogP contribution in [0.25, 0.3) is 11.1 Å². The van der Waals surface area contributed by atoms with Gasteiger partial charge in [0.15, 0.2) is 0 Å². The average molecular weight is 270 g/mol. The van der Waals surface area contributed by atoms with Crippen LogP contribution in [0.1, 0.15) is 18.1 Å². The SMILES string of the molecule is COCc1ccc(-c2ccc(CC(C)OC)cc2)cc1. The zero-order chi connectivity index (χ0) is 14.4. The molecule has 0 heterocycles. The summed E-state index contributed by atoms with van der Waals surface area (Å²) in [5, 5.41) is 0. The minimum absolute atomic E-state index is 0.258. The molecule has 0 saturated carbocycles. The summed E-state index contributed by atoms with van der Waals surface area (Å²) in [7, 11) is 3.47. The molecule has 2 rings (SSSR count). The van der Waals surface area contributed by atoms with Crippen LogP contribution in [-0.4, -0.2) is 20.3 Å². The van der Waals surface area contributed by atoms with E-state index in [0.29, 0.717) is 6.61 Å². The van der Waals surface area contributed by atoms with Crippen molar-refractivity contribution in [3.05, 3.63) is 59.7 Å². The molecule has 0 aromatic heterocycles. The third-order valence-electron chi connectivity index (χ3n) is 3.48. The van der Waals surface area contributed by atoms with Crippen LogP contribution in [0.15, 0.2) is 48.5 Å². The second kappa shape index (κ2) is 7.22. The fraction of sp³-hybridized carbons (Fsp3) is 0.333. The van der Waals surface area contributed by atoms with Gasteiger partial charge in [-0.05, 0) is 35.6 Å². The van der Waals surface area contributed by atoms with Gasteiger partial charge < -0.3 is 9.47 Å². The molecule has 20 heavy (non-hydrogen) atoms. The normalized spacial score (nSPS) is 12.3. The predicted molar refractivity (Wildman–Crippen MR) is 82.8 cm³/mol. The van der Waals surface area contributed by atoms with Gasteiger partial charge in [-0.3, -0.25) is 0 Å². The van der Waals surface area contributed by atoms with Crippen molar-refractivity contribution in [3.63, 3.8) is 0 Å².